The Morgan fingerprint density at radius 2 is 1.72 bits per heavy atom. The number of rotatable bonds is 6. The number of benzene rings is 2. The fraction of sp³-hybridized carbons (Fsp3) is 0.364. The van der Waals surface area contributed by atoms with E-state index in [1.165, 1.54) is 17.5 Å². The fourth-order valence-electron chi connectivity index (χ4n) is 3.86. The highest BCUT2D eigenvalue weighted by atomic mass is 35.5. The van der Waals surface area contributed by atoms with Crippen molar-refractivity contribution in [1.29, 1.82) is 0 Å². The van der Waals surface area contributed by atoms with E-state index < -0.39 is 10.0 Å². The van der Waals surface area contributed by atoms with Gasteiger partial charge in [0.15, 0.2) is 11.6 Å². The van der Waals surface area contributed by atoms with Crippen LogP contribution in [0.4, 0.5) is 11.6 Å². The largest absolute Gasteiger partial charge is 0.495 e. The molecule has 0 spiro atoms. The second-order valence-corrected chi connectivity index (χ2v) is 10.3. The molecule has 2 aromatic carbocycles. The minimum atomic E-state index is -3.74. The Kier molecular flexibility index (Phi) is 5.56. The van der Waals surface area contributed by atoms with Gasteiger partial charge in [-0.3, -0.25) is 0 Å². The third kappa shape index (κ3) is 4.07. The molecular weight excluding hydrogens is 450 g/mol. The number of sulfonamides is 1. The van der Waals surface area contributed by atoms with E-state index in [1.807, 2.05) is 24.3 Å². The smallest absolute Gasteiger partial charge is 0.246 e. The molecular formula is C22H24ClN5O3S. The van der Waals surface area contributed by atoms with Crippen molar-refractivity contribution in [3.63, 3.8) is 0 Å². The summed E-state index contributed by atoms with van der Waals surface area (Å²) in [5.74, 6) is 1.82. The van der Waals surface area contributed by atoms with Crippen LogP contribution in [-0.2, 0) is 10.0 Å². The maximum absolute atomic E-state index is 13.3. The Labute approximate surface area is 192 Å². The van der Waals surface area contributed by atoms with E-state index in [-0.39, 0.29) is 10.6 Å². The SMILES string of the molecule is COc1ccc(Cl)cc1S(=O)(=O)N1CCN(c2nc3ccccc3nc2NC2CC2)CC1. The lowest BCUT2D eigenvalue weighted by molar-refractivity contribution is 0.373. The maximum Gasteiger partial charge on any atom is 0.246 e. The van der Waals surface area contributed by atoms with E-state index in [2.05, 4.69) is 10.2 Å². The summed E-state index contributed by atoms with van der Waals surface area (Å²) in [5, 5.41) is 3.84. The van der Waals surface area contributed by atoms with Gasteiger partial charge in [0.25, 0.3) is 0 Å². The minimum absolute atomic E-state index is 0.0857. The Morgan fingerprint density at radius 1 is 1.03 bits per heavy atom. The fourth-order valence-corrected chi connectivity index (χ4v) is 5.70. The van der Waals surface area contributed by atoms with E-state index in [9.17, 15) is 8.42 Å². The van der Waals surface area contributed by atoms with Crippen LogP contribution in [0.25, 0.3) is 11.0 Å². The van der Waals surface area contributed by atoms with E-state index in [0.717, 1.165) is 35.5 Å². The molecule has 1 aliphatic heterocycles. The lowest BCUT2D eigenvalue weighted by Crippen LogP contribution is -2.49. The van der Waals surface area contributed by atoms with Crippen molar-refractivity contribution in [2.24, 2.45) is 0 Å². The van der Waals surface area contributed by atoms with Crippen LogP contribution in [0, 0.1) is 0 Å². The van der Waals surface area contributed by atoms with Gasteiger partial charge >= 0.3 is 0 Å². The molecule has 1 aromatic heterocycles. The predicted octanol–water partition coefficient (Wildman–Crippen LogP) is 3.38. The van der Waals surface area contributed by atoms with Gasteiger partial charge in [0.1, 0.15) is 10.6 Å². The van der Waals surface area contributed by atoms with Crippen molar-refractivity contribution >= 4 is 44.3 Å². The van der Waals surface area contributed by atoms with Gasteiger partial charge in [-0.2, -0.15) is 4.31 Å². The Hall–Kier alpha value is -2.62. The van der Waals surface area contributed by atoms with Crippen molar-refractivity contribution < 1.29 is 13.2 Å². The molecule has 3 aromatic rings. The third-order valence-corrected chi connectivity index (χ3v) is 7.91. The lowest BCUT2D eigenvalue weighted by atomic mass is 10.3. The van der Waals surface area contributed by atoms with E-state index >= 15 is 0 Å². The first kappa shape index (κ1) is 21.2. The molecule has 168 valence electrons. The average molecular weight is 474 g/mol. The predicted molar refractivity (Wildman–Crippen MR) is 125 cm³/mol. The molecule has 0 radical (unpaired) electrons. The number of hydrogen-bond donors (Lipinski definition) is 1. The second kappa shape index (κ2) is 8.38. The number of nitrogens with one attached hydrogen (secondary N) is 1. The molecule has 2 heterocycles. The molecule has 1 saturated heterocycles. The maximum atomic E-state index is 13.3. The molecule has 1 N–H and O–H groups in total. The van der Waals surface area contributed by atoms with Gasteiger partial charge in [0, 0.05) is 37.2 Å². The molecule has 0 unspecified atom stereocenters. The number of anilines is 2. The summed E-state index contributed by atoms with van der Waals surface area (Å²) >= 11 is 6.06. The van der Waals surface area contributed by atoms with Crippen molar-refractivity contribution in [2.45, 2.75) is 23.8 Å². The highest BCUT2D eigenvalue weighted by Crippen LogP contribution is 2.33. The summed E-state index contributed by atoms with van der Waals surface area (Å²) in [4.78, 5) is 11.8. The van der Waals surface area contributed by atoms with Gasteiger partial charge in [-0.05, 0) is 43.2 Å². The average Bonchev–Trinajstić information content (AvgIpc) is 3.63. The minimum Gasteiger partial charge on any atom is -0.495 e. The highest BCUT2D eigenvalue weighted by molar-refractivity contribution is 7.89. The molecule has 0 bridgehead atoms. The van der Waals surface area contributed by atoms with Crippen LogP contribution in [0.3, 0.4) is 0 Å². The van der Waals surface area contributed by atoms with Gasteiger partial charge in [-0.25, -0.2) is 18.4 Å². The van der Waals surface area contributed by atoms with E-state index in [4.69, 9.17) is 26.3 Å². The molecule has 10 heteroatoms. The molecule has 0 amide bonds. The van der Waals surface area contributed by atoms with Crippen LogP contribution in [-0.4, -0.2) is 62.0 Å². The summed E-state index contributed by atoms with van der Waals surface area (Å²) < 4.78 is 33.3. The number of aromatic nitrogens is 2. The van der Waals surface area contributed by atoms with Gasteiger partial charge in [-0.1, -0.05) is 23.7 Å². The molecule has 2 aliphatic rings. The van der Waals surface area contributed by atoms with Gasteiger partial charge in [0.2, 0.25) is 10.0 Å². The van der Waals surface area contributed by atoms with Crippen LogP contribution in [0.2, 0.25) is 5.02 Å². The van der Waals surface area contributed by atoms with Crippen LogP contribution < -0.4 is 15.0 Å². The molecule has 0 atom stereocenters. The Bertz CT molecular complexity index is 1260. The zero-order valence-electron chi connectivity index (χ0n) is 17.7. The van der Waals surface area contributed by atoms with Crippen LogP contribution in [0.15, 0.2) is 47.4 Å². The molecule has 1 aliphatic carbocycles. The number of halogens is 1. The van der Waals surface area contributed by atoms with Gasteiger partial charge in [0.05, 0.1) is 18.1 Å². The van der Waals surface area contributed by atoms with Crippen LogP contribution in [0.1, 0.15) is 12.8 Å². The van der Waals surface area contributed by atoms with Crippen LogP contribution >= 0.6 is 11.6 Å². The summed E-state index contributed by atoms with van der Waals surface area (Å²) in [6.45, 7) is 1.67. The number of hydrogen-bond acceptors (Lipinski definition) is 7. The van der Waals surface area contributed by atoms with E-state index in [1.54, 1.807) is 12.1 Å². The number of nitrogens with zero attached hydrogens (tertiary/aromatic N) is 4. The monoisotopic (exact) mass is 473 g/mol. The van der Waals surface area contributed by atoms with Crippen molar-refractivity contribution in [3.05, 3.63) is 47.5 Å². The number of para-hydroxylation sites is 2. The van der Waals surface area contributed by atoms with Gasteiger partial charge < -0.3 is 15.0 Å². The summed E-state index contributed by atoms with van der Waals surface area (Å²) in [6.07, 6.45) is 2.25. The van der Waals surface area contributed by atoms with E-state index in [0.29, 0.717) is 37.2 Å². The quantitative estimate of drug-likeness (QED) is 0.587. The number of piperazine rings is 1. The zero-order chi connectivity index (χ0) is 22.3. The van der Waals surface area contributed by atoms with Crippen LogP contribution in [0.5, 0.6) is 5.75 Å². The number of methoxy groups -OCH3 is 1. The number of fused-ring (bicyclic) bond motifs is 1. The zero-order valence-corrected chi connectivity index (χ0v) is 19.2. The molecule has 1 saturated carbocycles. The summed E-state index contributed by atoms with van der Waals surface area (Å²) in [7, 11) is -2.29. The van der Waals surface area contributed by atoms with Crippen molar-refractivity contribution in [2.75, 3.05) is 43.5 Å². The van der Waals surface area contributed by atoms with Crippen molar-refractivity contribution in [1.82, 2.24) is 14.3 Å². The topological polar surface area (TPSA) is 87.7 Å². The molecule has 2 fully saturated rings. The second-order valence-electron chi connectivity index (χ2n) is 7.99. The molecule has 32 heavy (non-hydrogen) atoms. The first-order chi connectivity index (χ1) is 15.5. The third-order valence-electron chi connectivity index (χ3n) is 5.75. The normalized spacial score (nSPS) is 17.5. The standard InChI is InChI=1S/C22H24ClN5O3S/c1-31-19-9-6-15(23)14-20(19)32(29,30)28-12-10-27(11-13-28)22-21(24-16-7-8-16)25-17-4-2-3-5-18(17)26-22/h2-6,9,14,16H,7-8,10-13H2,1H3,(H,24,25). The summed E-state index contributed by atoms with van der Waals surface area (Å²) in [6, 6.07) is 12.8. The highest BCUT2D eigenvalue weighted by Gasteiger charge is 2.33. The summed E-state index contributed by atoms with van der Waals surface area (Å²) in [5.41, 5.74) is 1.66. The lowest BCUT2D eigenvalue weighted by Gasteiger charge is -2.35. The molecule has 5 rings (SSSR count). The first-order valence-electron chi connectivity index (χ1n) is 10.6. The molecule has 8 nitrogen and oxygen atoms in total. The Morgan fingerprint density at radius 3 is 2.38 bits per heavy atom. The Balaban J connectivity index is 1.40. The van der Waals surface area contributed by atoms with Crippen molar-refractivity contribution in [3.8, 4) is 5.75 Å². The first-order valence-corrected chi connectivity index (χ1v) is 12.4. The van der Waals surface area contributed by atoms with Gasteiger partial charge in [-0.15, -0.1) is 0 Å². The number of ether oxygens (including phenoxy) is 1.